The maximum atomic E-state index is 11.3. The van der Waals surface area contributed by atoms with Crippen molar-refractivity contribution in [1.82, 2.24) is 24.9 Å². The van der Waals surface area contributed by atoms with Crippen LogP contribution in [-0.2, 0) is 0 Å². The van der Waals surface area contributed by atoms with E-state index in [1.165, 1.54) is 13.2 Å². The lowest BCUT2D eigenvalue weighted by molar-refractivity contribution is 0.374. The Labute approximate surface area is 106 Å². The summed E-state index contributed by atoms with van der Waals surface area (Å²) >= 11 is 1.07. The number of anilines is 1. The van der Waals surface area contributed by atoms with Crippen molar-refractivity contribution in [3.05, 3.63) is 22.1 Å². The van der Waals surface area contributed by atoms with Gasteiger partial charge in [-0.25, -0.2) is 4.98 Å². The summed E-state index contributed by atoms with van der Waals surface area (Å²) in [4.78, 5) is 29.6. The van der Waals surface area contributed by atoms with Crippen molar-refractivity contribution >= 4 is 17.7 Å². The van der Waals surface area contributed by atoms with Crippen LogP contribution in [0.25, 0.3) is 0 Å². The number of aromatic nitrogens is 5. The van der Waals surface area contributed by atoms with Crippen LogP contribution in [-0.4, -0.2) is 32.0 Å². The van der Waals surface area contributed by atoms with Gasteiger partial charge in [0.1, 0.15) is 0 Å². The van der Waals surface area contributed by atoms with Gasteiger partial charge in [-0.3, -0.25) is 4.79 Å². The molecule has 3 N–H and O–H groups in total. The first-order valence-electron chi connectivity index (χ1n) is 4.88. The van der Waals surface area contributed by atoms with E-state index in [1.807, 2.05) is 0 Å². The van der Waals surface area contributed by atoms with Gasteiger partial charge in [-0.2, -0.15) is 15.0 Å². The lowest BCUT2D eigenvalue weighted by Gasteiger charge is -2.03. The van der Waals surface area contributed by atoms with Crippen molar-refractivity contribution in [1.29, 1.82) is 0 Å². The normalized spacial score (nSPS) is 10.3. The third-order valence-electron chi connectivity index (χ3n) is 1.83. The molecule has 0 saturated heterocycles. The number of hydrogen-bond donors (Lipinski definition) is 2. The number of nitrogens with zero attached hydrogens (tertiary/aromatic N) is 4. The number of hydrogen-bond acceptors (Lipinski definition) is 8. The molecule has 0 atom stereocenters. The molecule has 2 aromatic rings. The largest absolute Gasteiger partial charge is 0.467 e. The summed E-state index contributed by atoms with van der Waals surface area (Å²) in [7, 11) is 1.43. The number of rotatable bonds is 3. The minimum absolute atomic E-state index is 0.0411. The molecular formula is C9H10N6O2S. The Hall–Kier alpha value is -2.16. The number of nitrogens with two attached hydrogens (primary N) is 1. The molecule has 94 valence electrons. The Bertz CT molecular complexity index is 629. The molecule has 0 amide bonds. The van der Waals surface area contributed by atoms with Crippen molar-refractivity contribution in [3.63, 3.8) is 0 Å². The smallest absolute Gasteiger partial charge is 0.321 e. The topological polar surface area (TPSA) is 120 Å². The fourth-order valence-corrected chi connectivity index (χ4v) is 1.95. The predicted molar refractivity (Wildman–Crippen MR) is 64.5 cm³/mol. The number of methoxy groups -OCH3 is 1. The van der Waals surface area contributed by atoms with Crippen LogP contribution in [0.2, 0.25) is 0 Å². The van der Waals surface area contributed by atoms with E-state index < -0.39 is 0 Å². The van der Waals surface area contributed by atoms with E-state index >= 15 is 0 Å². The zero-order chi connectivity index (χ0) is 13.1. The van der Waals surface area contributed by atoms with Crippen molar-refractivity contribution in [2.75, 3.05) is 12.8 Å². The zero-order valence-corrected chi connectivity index (χ0v) is 10.5. The van der Waals surface area contributed by atoms with Crippen LogP contribution < -0.4 is 16.0 Å². The second kappa shape index (κ2) is 5.00. The molecule has 2 aromatic heterocycles. The molecule has 0 aliphatic rings. The van der Waals surface area contributed by atoms with Gasteiger partial charge in [-0.05, 0) is 18.7 Å². The number of aromatic amines is 1. The van der Waals surface area contributed by atoms with Gasteiger partial charge in [0.25, 0.3) is 5.56 Å². The molecule has 0 radical (unpaired) electrons. The summed E-state index contributed by atoms with van der Waals surface area (Å²) in [6.07, 6.45) is 0. The van der Waals surface area contributed by atoms with E-state index in [0.717, 1.165) is 11.8 Å². The van der Waals surface area contributed by atoms with E-state index in [-0.39, 0.29) is 17.5 Å². The summed E-state index contributed by atoms with van der Waals surface area (Å²) in [5.41, 5.74) is 5.87. The SMILES string of the molecule is COc1nc(N)nc(Sc2nc(C)cc(=O)[nH]2)n1. The molecule has 9 heteroatoms. The minimum atomic E-state index is -0.237. The van der Waals surface area contributed by atoms with Gasteiger partial charge >= 0.3 is 6.01 Å². The number of aryl methyl sites for hydroxylation is 1. The second-order valence-corrected chi connectivity index (χ2v) is 4.21. The van der Waals surface area contributed by atoms with Gasteiger partial charge < -0.3 is 15.5 Å². The molecule has 0 fully saturated rings. The van der Waals surface area contributed by atoms with Crippen molar-refractivity contribution < 1.29 is 4.74 Å². The first kappa shape index (κ1) is 12.3. The van der Waals surface area contributed by atoms with Crippen LogP contribution in [0.15, 0.2) is 21.2 Å². The van der Waals surface area contributed by atoms with Crippen molar-refractivity contribution in [2.45, 2.75) is 17.2 Å². The maximum absolute atomic E-state index is 11.3. The molecule has 8 nitrogen and oxygen atoms in total. The van der Waals surface area contributed by atoms with E-state index in [0.29, 0.717) is 16.0 Å². The standard InChI is InChI=1S/C9H10N6O2S/c1-4-3-5(16)12-8(11-4)18-9-14-6(10)13-7(15-9)17-2/h3H,1-2H3,(H,11,12,16)(H2,10,13,14,15). The molecule has 0 spiro atoms. The van der Waals surface area contributed by atoms with E-state index in [2.05, 4.69) is 24.9 Å². The van der Waals surface area contributed by atoms with Crippen LogP contribution in [0.5, 0.6) is 6.01 Å². The molecule has 2 rings (SSSR count). The van der Waals surface area contributed by atoms with Crippen molar-refractivity contribution in [3.8, 4) is 6.01 Å². The highest BCUT2D eigenvalue weighted by Crippen LogP contribution is 2.21. The van der Waals surface area contributed by atoms with Crippen LogP contribution in [0.1, 0.15) is 5.69 Å². The molecule has 0 saturated carbocycles. The Morgan fingerprint density at radius 1 is 1.33 bits per heavy atom. The highest BCUT2D eigenvalue weighted by molar-refractivity contribution is 7.99. The second-order valence-electron chi connectivity index (χ2n) is 3.26. The van der Waals surface area contributed by atoms with E-state index in [4.69, 9.17) is 10.5 Å². The number of H-pyrrole nitrogens is 1. The summed E-state index contributed by atoms with van der Waals surface area (Å²) < 4.78 is 4.87. The Balaban J connectivity index is 2.33. The fraction of sp³-hybridized carbons (Fsp3) is 0.222. The van der Waals surface area contributed by atoms with Gasteiger partial charge in [0.2, 0.25) is 11.1 Å². The minimum Gasteiger partial charge on any atom is -0.467 e. The predicted octanol–water partition coefficient (Wildman–Crippen LogP) is 0.00532. The molecule has 18 heavy (non-hydrogen) atoms. The molecule has 0 bridgehead atoms. The van der Waals surface area contributed by atoms with Crippen LogP contribution >= 0.6 is 11.8 Å². The first-order valence-corrected chi connectivity index (χ1v) is 5.70. The molecule has 0 aliphatic heterocycles. The highest BCUT2D eigenvalue weighted by atomic mass is 32.2. The first-order chi connectivity index (χ1) is 8.56. The maximum Gasteiger partial charge on any atom is 0.321 e. The third-order valence-corrected chi connectivity index (χ3v) is 2.58. The molecule has 0 aliphatic carbocycles. The van der Waals surface area contributed by atoms with Crippen molar-refractivity contribution in [2.24, 2.45) is 0 Å². The average molecular weight is 266 g/mol. The van der Waals surface area contributed by atoms with Gasteiger partial charge in [-0.1, -0.05) is 0 Å². The Morgan fingerprint density at radius 2 is 2.11 bits per heavy atom. The highest BCUT2D eigenvalue weighted by Gasteiger charge is 2.08. The summed E-state index contributed by atoms with van der Waals surface area (Å²) in [6, 6.07) is 1.51. The van der Waals surface area contributed by atoms with Gasteiger partial charge in [0, 0.05) is 11.8 Å². The Kier molecular flexibility index (Phi) is 3.42. The molecule has 2 heterocycles. The quantitative estimate of drug-likeness (QED) is 0.745. The lowest BCUT2D eigenvalue weighted by Crippen LogP contribution is -2.08. The summed E-state index contributed by atoms with van der Waals surface area (Å²) in [5, 5.41) is 0.681. The summed E-state index contributed by atoms with van der Waals surface area (Å²) in [6.45, 7) is 1.72. The molecule has 0 aromatic carbocycles. The van der Waals surface area contributed by atoms with E-state index in [9.17, 15) is 4.79 Å². The number of nitrogen functional groups attached to an aromatic ring is 1. The fourth-order valence-electron chi connectivity index (χ4n) is 1.18. The molecular weight excluding hydrogens is 256 g/mol. The van der Waals surface area contributed by atoms with Crippen LogP contribution in [0.4, 0.5) is 5.95 Å². The molecule has 0 unspecified atom stereocenters. The zero-order valence-electron chi connectivity index (χ0n) is 9.67. The van der Waals surface area contributed by atoms with Crippen LogP contribution in [0.3, 0.4) is 0 Å². The monoisotopic (exact) mass is 266 g/mol. The van der Waals surface area contributed by atoms with Gasteiger partial charge in [0.15, 0.2) is 5.16 Å². The number of nitrogens with one attached hydrogen (secondary N) is 1. The average Bonchev–Trinajstić information content (AvgIpc) is 2.26. The number of ether oxygens (including phenoxy) is 1. The van der Waals surface area contributed by atoms with Gasteiger partial charge in [-0.15, -0.1) is 0 Å². The van der Waals surface area contributed by atoms with Gasteiger partial charge in [0.05, 0.1) is 7.11 Å². The Morgan fingerprint density at radius 3 is 2.78 bits per heavy atom. The third kappa shape index (κ3) is 2.94. The summed E-state index contributed by atoms with van der Waals surface area (Å²) in [5.74, 6) is 0.0411. The van der Waals surface area contributed by atoms with Crippen LogP contribution in [0, 0.1) is 6.92 Å². The van der Waals surface area contributed by atoms with E-state index in [1.54, 1.807) is 6.92 Å². The lowest BCUT2D eigenvalue weighted by atomic mass is 10.5.